The summed E-state index contributed by atoms with van der Waals surface area (Å²) >= 11 is 1.72. The Morgan fingerprint density at radius 3 is 2.52 bits per heavy atom. The summed E-state index contributed by atoms with van der Waals surface area (Å²) in [6.45, 7) is 4.35. The number of hydrogen-bond donors (Lipinski definition) is 3. The molecular weight excluding hydrogens is 362 g/mol. The number of amides is 2. The van der Waals surface area contributed by atoms with E-state index in [-0.39, 0.29) is 17.9 Å². The molecule has 0 radical (unpaired) electrons. The first kappa shape index (κ1) is 19.5. The van der Waals surface area contributed by atoms with E-state index in [4.69, 9.17) is 4.74 Å². The maximum absolute atomic E-state index is 12.5. The van der Waals surface area contributed by atoms with Crippen molar-refractivity contribution in [3.8, 4) is 0 Å². The van der Waals surface area contributed by atoms with Gasteiger partial charge in [-0.05, 0) is 48.6 Å². The molecule has 1 fully saturated rings. The third-order valence-electron chi connectivity index (χ3n) is 4.44. The second-order valence-electron chi connectivity index (χ2n) is 6.83. The summed E-state index contributed by atoms with van der Waals surface area (Å²) in [6.07, 6.45) is 2.41. The molecule has 1 aromatic carbocycles. The standard InChI is InChI=1S/C20H25N3O3S/c1-15(24)21-16-6-8-17(9-7-16)22-20(25)14-23(12-18-4-2-10-26-18)13-19-5-3-11-27-19/h3,5-9,11,18H,2,4,10,12-14H2,1H3,(H,21,24)(H,22,25)/p+1/t18-/m1/s1. The number of thiophene rings is 1. The minimum Gasteiger partial charge on any atom is -0.372 e. The number of benzene rings is 1. The molecule has 2 atom stereocenters. The van der Waals surface area contributed by atoms with Gasteiger partial charge in [0.2, 0.25) is 5.91 Å². The van der Waals surface area contributed by atoms with Crippen LogP contribution >= 0.6 is 11.3 Å². The second-order valence-corrected chi connectivity index (χ2v) is 7.86. The summed E-state index contributed by atoms with van der Waals surface area (Å²) in [6, 6.07) is 11.3. The van der Waals surface area contributed by atoms with Crippen molar-refractivity contribution in [2.75, 3.05) is 30.3 Å². The van der Waals surface area contributed by atoms with Gasteiger partial charge in [-0.1, -0.05) is 6.07 Å². The van der Waals surface area contributed by atoms with Crippen LogP contribution in [-0.4, -0.2) is 37.6 Å². The number of quaternary nitrogens is 1. The Balaban J connectivity index is 1.56. The number of hydrogen-bond acceptors (Lipinski definition) is 4. The first-order valence-electron chi connectivity index (χ1n) is 9.23. The van der Waals surface area contributed by atoms with Crippen LogP contribution in [-0.2, 0) is 20.9 Å². The molecule has 3 rings (SSSR count). The monoisotopic (exact) mass is 388 g/mol. The zero-order valence-electron chi connectivity index (χ0n) is 15.5. The Labute approximate surface area is 163 Å². The summed E-state index contributed by atoms with van der Waals surface area (Å²) in [7, 11) is 0. The molecule has 1 unspecified atom stereocenters. The van der Waals surface area contributed by atoms with Gasteiger partial charge in [0.25, 0.3) is 5.91 Å². The number of ether oxygens (including phenoxy) is 1. The van der Waals surface area contributed by atoms with Gasteiger partial charge in [0.05, 0.1) is 4.88 Å². The van der Waals surface area contributed by atoms with Gasteiger partial charge in [-0.15, -0.1) is 11.3 Å². The quantitative estimate of drug-likeness (QED) is 0.647. The van der Waals surface area contributed by atoms with E-state index in [0.717, 1.165) is 38.2 Å². The van der Waals surface area contributed by atoms with Crippen LogP contribution in [0.1, 0.15) is 24.6 Å². The lowest BCUT2D eigenvalue weighted by molar-refractivity contribution is -0.908. The molecule has 2 heterocycles. The van der Waals surface area contributed by atoms with Crippen molar-refractivity contribution in [1.29, 1.82) is 0 Å². The van der Waals surface area contributed by atoms with E-state index in [9.17, 15) is 9.59 Å². The van der Waals surface area contributed by atoms with E-state index >= 15 is 0 Å². The number of rotatable bonds is 8. The average molecular weight is 389 g/mol. The van der Waals surface area contributed by atoms with Crippen molar-refractivity contribution >= 4 is 34.5 Å². The Morgan fingerprint density at radius 2 is 1.93 bits per heavy atom. The van der Waals surface area contributed by atoms with Crippen molar-refractivity contribution in [1.82, 2.24) is 0 Å². The van der Waals surface area contributed by atoms with Gasteiger partial charge in [0.15, 0.2) is 6.54 Å². The molecule has 1 saturated heterocycles. The molecule has 1 aromatic heterocycles. The number of anilines is 2. The highest BCUT2D eigenvalue weighted by Gasteiger charge is 2.24. The molecule has 1 aliphatic rings. The van der Waals surface area contributed by atoms with Crippen molar-refractivity contribution in [2.45, 2.75) is 32.4 Å². The van der Waals surface area contributed by atoms with Crippen LogP contribution in [0.3, 0.4) is 0 Å². The van der Waals surface area contributed by atoms with Crippen LogP contribution < -0.4 is 15.5 Å². The lowest BCUT2D eigenvalue weighted by Crippen LogP contribution is -3.12. The maximum Gasteiger partial charge on any atom is 0.279 e. The first-order chi connectivity index (χ1) is 13.1. The molecular formula is C20H26N3O3S+. The number of carbonyl (C=O) groups is 2. The summed E-state index contributed by atoms with van der Waals surface area (Å²) in [5, 5.41) is 7.73. The summed E-state index contributed by atoms with van der Waals surface area (Å²) < 4.78 is 5.76. The van der Waals surface area contributed by atoms with Gasteiger partial charge in [-0.25, -0.2) is 0 Å². The highest BCUT2D eigenvalue weighted by Crippen LogP contribution is 2.13. The molecule has 0 spiro atoms. The van der Waals surface area contributed by atoms with Gasteiger partial charge < -0.3 is 20.3 Å². The minimum absolute atomic E-state index is 0.0215. The van der Waals surface area contributed by atoms with Crippen LogP contribution in [0.25, 0.3) is 0 Å². The third-order valence-corrected chi connectivity index (χ3v) is 5.32. The Bertz CT molecular complexity index is 740. The van der Waals surface area contributed by atoms with Gasteiger partial charge in [0, 0.05) is 24.9 Å². The van der Waals surface area contributed by atoms with Crippen LogP contribution in [0, 0.1) is 0 Å². The largest absolute Gasteiger partial charge is 0.372 e. The van der Waals surface area contributed by atoms with Crippen LogP contribution in [0.15, 0.2) is 41.8 Å². The zero-order chi connectivity index (χ0) is 19.1. The highest BCUT2D eigenvalue weighted by atomic mass is 32.1. The Morgan fingerprint density at radius 1 is 1.19 bits per heavy atom. The van der Waals surface area contributed by atoms with Gasteiger partial charge in [0.1, 0.15) is 19.2 Å². The zero-order valence-corrected chi connectivity index (χ0v) is 16.3. The van der Waals surface area contributed by atoms with E-state index in [1.165, 1.54) is 16.7 Å². The van der Waals surface area contributed by atoms with Crippen LogP contribution in [0.4, 0.5) is 11.4 Å². The van der Waals surface area contributed by atoms with Crippen molar-refractivity contribution in [3.63, 3.8) is 0 Å². The summed E-state index contributed by atoms with van der Waals surface area (Å²) in [5.41, 5.74) is 1.44. The molecule has 3 N–H and O–H groups in total. The molecule has 0 aliphatic carbocycles. The normalized spacial score (nSPS) is 17.4. The maximum atomic E-state index is 12.5. The summed E-state index contributed by atoms with van der Waals surface area (Å²) in [4.78, 5) is 26.1. The number of carbonyl (C=O) groups excluding carboxylic acids is 2. The second kappa shape index (κ2) is 9.64. The van der Waals surface area contributed by atoms with E-state index in [1.54, 1.807) is 35.6 Å². The van der Waals surface area contributed by atoms with Crippen molar-refractivity contribution < 1.29 is 19.2 Å². The lowest BCUT2D eigenvalue weighted by atomic mass is 10.2. The molecule has 27 heavy (non-hydrogen) atoms. The molecule has 2 amide bonds. The highest BCUT2D eigenvalue weighted by molar-refractivity contribution is 7.09. The molecule has 6 nitrogen and oxygen atoms in total. The minimum atomic E-state index is -0.117. The fourth-order valence-corrected chi connectivity index (χ4v) is 4.04. The fraction of sp³-hybridized carbons (Fsp3) is 0.400. The molecule has 144 valence electrons. The SMILES string of the molecule is CC(=O)Nc1ccc(NC(=O)C[NH+](Cc2cccs2)C[C@H]2CCCO2)cc1. The van der Waals surface area contributed by atoms with Gasteiger partial charge in [-0.3, -0.25) is 9.59 Å². The third kappa shape index (κ3) is 6.46. The average Bonchev–Trinajstić information content (AvgIpc) is 3.30. The predicted octanol–water partition coefficient (Wildman–Crippen LogP) is 1.91. The van der Waals surface area contributed by atoms with Crippen LogP contribution in [0.2, 0.25) is 0 Å². The van der Waals surface area contributed by atoms with E-state index in [2.05, 4.69) is 22.1 Å². The van der Waals surface area contributed by atoms with Gasteiger partial charge in [-0.2, -0.15) is 0 Å². The smallest absolute Gasteiger partial charge is 0.279 e. The summed E-state index contributed by atoms with van der Waals surface area (Å²) in [5.74, 6) is -0.138. The van der Waals surface area contributed by atoms with Crippen LogP contribution in [0.5, 0.6) is 0 Å². The van der Waals surface area contributed by atoms with E-state index in [0.29, 0.717) is 12.2 Å². The lowest BCUT2D eigenvalue weighted by Gasteiger charge is -2.21. The molecule has 2 aromatic rings. The Kier molecular flexibility index (Phi) is 6.98. The molecule has 1 aliphatic heterocycles. The predicted molar refractivity (Wildman–Crippen MR) is 107 cm³/mol. The number of nitrogens with one attached hydrogen (secondary N) is 3. The van der Waals surface area contributed by atoms with Crippen molar-refractivity contribution in [3.05, 3.63) is 46.7 Å². The van der Waals surface area contributed by atoms with E-state index in [1.807, 2.05) is 6.07 Å². The topological polar surface area (TPSA) is 71.9 Å². The fourth-order valence-electron chi connectivity index (χ4n) is 3.27. The van der Waals surface area contributed by atoms with Gasteiger partial charge >= 0.3 is 0 Å². The Hall–Kier alpha value is -2.22. The van der Waals surface area contributed by atoms with E-state index < -0.39 is 0 Å². The molecule has 7 heteroatoms. The molecule has 0 saturated carbocycles. The first-order valence-corrected chi connectivity index (χ1v) is 10.1. The van der Waals surface area contributed by atoms with Crippen molar-refractivity contribution in [2.24, 2.45) is 0 Å². The molecule has 0 bridgehead atoms.